The van der Waals surface area contributed by atoms with Crippen LogP contribution in [0.2, 0.25) is 0 Å². The van der Waals surface area contributed by atoms with Crippen LogP contribution in [-0.2, 0) is 20.8 Å². The molecule has 0 aromatic heterocycles. The Kier molecular flexibility index (Phi) is 11.9. The molecule has 1 aromatic carbocycles. The van der Waals surface area contributed by atoms with Crippen LogP contribution in [0.1, 0.15) is 12.0 Å². The smallest absolute Gasteiger partial charge is 0.432 e. The van der Waals surface area contributed by atoms with Gasteiger partial charge in [0.25, 0.3) is 5.17 Å². The summed E-state index contributed by atoms with van der Waals surface area (Å²) in [7, 11) is 5.58. The Morgan fingerprint density at radius 3 is 2.63 bits per heavy atom. The number of carbonyl (C=O) groups excluding carboxylic acids is 1. The van der Waals surface area contributed by atoms with Crippen molar-refractivity contribution in [1.82, 2.24) is 14.7 Å². The zero-order valence-corrected chi connectivity index (χ0v) is 22.9. The van der Waals surface area contributed by atoms with Gasteiger partial charge in [-0.05, 0) is 24.5 Å². The van der Waals surface area contributed by atoms with Gasteiger partial charge in [-0.15, -0.1) is 0 Å². The van der Waals surface area contributed by atoms with Crippen molar-refractivity contribution < 1.29 is 19.0 Å². The van der Waals surface area contributed by atoms with Crippen LogP contribution in [0.15, 0.2) is 47.7 Å². The molecule has 1 radical (unpaired) electrons. The normalized spacial score (nSPS) is 15.9. The van der Waals surface area contributed by atoms with Crippen LogP contribution in [0.25, 0.3) is 0 Å². The first kappa shape index (κ1) is 26.3. The zero-order chi connectivity index (χ0) is 21.2. The molecule has 1 aliphatic rings. The molecule has 1 aromatic rings. The van der Waals surface area contributed by atoms with E-state index in [1.807, 2.05) is 73.7 Å². The van der Waals surface area contributed by atoms with Gasteiger partial charge >= 0.3 is 6.09 Å². The number of aliphatic imine (C=N–C) groups is 1. The monoisotopic (exact) mass is 625 g/mol. The Morgan fingerprint density at radius 2 is 2.00 bits per heavy atom. The van der Waals surface area contributed by atoms with E-state index in [2.05, 4.69) is 11.7 Å². The summed E-state index contributed by atoms with van der Waals surface area (Å²) in [5.41, 5.74) is 1.10. The summed E-state index contributed by atoms with van der Waals surface area (Å²) in [6, 6.07) is 9.98. The Morgan fingerprint density at radius 1 is 1.30 bits per heavy atom. The van der Waals surface area contributed by atoms with Crippen LogP contribution in [0, 0.1) is 0 Å². The van der Waals surface area contributed by atoms with Crippen molar-refractivity contribution >= 4 is 57.5 Å². The fourth-order valence-corrected chi connectivity index (χ4v) is 2.97. The van der Waals surface area contributed by atoms with Crippen molar-refractivity contribution in [3.63, 3.8) is 0 Å². The second-order valence-corrected chi connectivity index (χ2v) is 7.08. The van der Waals surface area contributed by atoms with E-state index < -0.39 is 6.09 Å². The summed E-state index contributed by atoms with van der Waals surface area (Å²) in [6.45, 7) is 4.19. The molecule has 0 bridgehead atoms. The minimum atomic E-state index is -0.708. The van der Waals surface area contributed by atoms with Crippen molar-refractivity contribution in [2.24, 2.45) is 4.99 Å². The molecule has 1 heterocycles. The fraction of sp³-hybridized carbons (Fsp3) is 0.450. The number of hydrogen-bond donors (Lipinski definition) is 0. The van der Waals surface area contributed by atoms with Crippen molar-refractivity contribution in [2.45, 2.75) is 25.3 Å². The van der Waals surface area contributed by atoms with Crippen LogP contribution in [-0.4, -0.2) is 107 Å². The van der Waals surface area contributed by atoms with E-state index in [4.69, 9.17) is 26.4 Å². The standard InChI is InChI=1S/C20H28N4O4S.Tl/c1-21-19(25)27-13-10-17(28-20(29)22(2)3)18-23(4)11-12-24(18)15-26-14-16-8-6-5-7-9-16;/h5-9,11-12,17-18H,1,10,13-15H2,2-4H3;/t17-,18?;/m0./s1. The Hall–Kier alpha value is -1.73. The van der Waals surface area contributed by atoms with E-state index in [-0.39, 0.29) is 46.2 Å². The maximum Gasteiger partial charge on any atom is 0.432 e. The number of nitrogens with zero attached hydrogens (tertiary/aromatic N) is 4. The van der Waals surface area contributed by atoms with Gasteiger partial charge in [0.15, 0.2) is 0 Å². The van der Waals surface area contributed by atoms with Crippen LogP contribution in [0.3, 0.4) is 0 Å². The fourth-order valence-electron chi connectivity index (χ4n) is 2.85. The molecule has 0 spiro atoms. The van der Waals surface area contributed by atoms with E-state index in [0.29, 0.717) is 24.9 Å². The summed E-state index contributed by atoms with van der Waals surface area (Å²) in [6.07, 6.45) is 3.09. The molecular formula is C20H28N4O4STl. The molecule has 8 nitrogen and oxygen atoms in total. The van der Waals surface area contributed by atoms with Crippen molar-refractivity contribution in [3.05, 3.63) is 48.3 Å². The van der Waals surface area contributed by atoms with Crippen molar-refractivity contribution in [1.29, 1.82) is 0 Å². The number of amides is 1. The molecule has 2 rings (SSSR count). The van der Waals surface area contributed by atoms with E-state index in [0.717, 1.165) is 5.56 Å². The maximum absolute atomic E-state index is 11.3. The zero-order valence-electron chi connectivity index (χ0n) is 17.6. The average Bonchev–Trinajstić information content (AvgIpc) is 3.08. The van der Waals surface area contributed by atoms with Crippen molar-refractivity contribution in [2.75, 3.05) is 34.5 Å². The first-order chi connectivity index (χ1) is 13.9. The summed E-state index contributed by atoms with van der Waals surface area (Å²) >= 11 is 5.32. The maximum atomic E-state index is 11.3. The predicted molar refractivity (Wildman–Crippen MR) is 121 cm³/mol. The average molecular weight is 625 g/mol. The number of benzene rings is 1. The van der Waals surface area contributed by atoms with Crippen LogP contribution < -0.4 is 0 Å². The number of rotatable bonds is 9. The predicted octanol–water partition coefficient (Wildman–Crippen LogP) is 2.28. The number of thiocarbonyl (C=S) groups is 1. The van der Waals surface area contributed by atoms with Gasteiger partial charge < -0.3 is 28.9 Å². The van der Waals surface area contributed by atoms with Gasteiger partial charge in [0, 0.05) is 67.3 Å². The van der Waals surface area contributed by atoms with Crippen molar-refractivity contribution in [3.8, 4) is 0 Å². The van der Waals surface area contributed by atoms with Gasteiger partial charge in [-0.25, -0.2) is 4.79 Å². The molecule has 0 saturated heterocycles. The number of carbonyl (C=O) groups is 1. The summed E-state index contributed by atoms with van der Waals surface area (Å²) in [4.78, 5) is 20.3. The third kappa shape index (κ3) is 8.19. The third-order valence-electron chi connectivity index (χ3n) is 4.31. The van der Waals surface area contributed by atoms with Gasteiger partial charge in [-0.3, -0.25) is 0 Å². The molecule has 2 atom stereocenters. The largest absolute Gasteiger partial charge is 0.463 e. The minimum absolute atomic E-state index is 0. The minimum Gasteiger partial charge on any atom is -0.463 e. The van der Waals surface area contributed by atoms with Gasteiger partial charge in [0.2, 0.25) is 0 Å². The molecule has 0 saturated carbocycles. The summed E-state index contributed by atoms with van der Waals surface area (Å²) in [5, 5.41) is 0.355. The summed E-state index contributed by atoms with van der Waals surface area (Å²) in [5.74, 6) is 0. The molecule has 1 unspecified atom stereocenters. The number of ether oxygens (including phenoxy) is 3. The summed E-state index contributed by atoms with van der Waals surface area (Å²) < 4.78 is 16.9. The Labute approximate surface area is 203 Å². The Balaban J connectivity index is 0.00000450. The number of likely N-dealkylation sites (N-methyl/N-ethyl adjacent to an activating group) is 1. The molecule has 0 N–H and O–H groups in total. The second kappa shape index (κ2) is 13.6. The van der Waals surface area contributed by atoms with E-state index in [1.54, 1.807) is 4.90 Å². The Bertz CT molecular complexity index is 720. The van der Waals surface area contributed by atoms with Gasteiger partial charge in [0.1, 0.15) is 19.0 Å². The van der Waals surface area contributed by atoms with Crippen LogP contribution in [0.5, 0.6) is 0 Å². The van der Waals surface area contributed by atoms with E-state index in [9.17, 15) is 4.79 Å². The van der Waals surface area contributed by atoms with Crippen LogP contribution >= 0.6 is 12.2 Å². The molecule has 30 heavy (non-hydrogen) atoms. The first-order valence-electron chi connectivity index (χ1n) is 9.21. The number of hydrogen-bond acceptors (Lipinski definition) is 7. The molecule has 0 fully saturated rings. The molecule has 1 amide bonds. The second-order valence-electron chi connectivity index (χ2n) is 6.73. The van der Waals surface area contributed by atoms with Gasteiger partial charge in [-0.1, -0.05) is 30.3 Å². The van der Waals surface area contributed by atoms with E-state index in [1.165, 1.54) is 0 Å². The third-order valence-corrected chi connectivity index (χ3v) is 4.77. The van der Waals surface area contributed by atoms with Gasteiger partial charge in [-0.2, -0.15) is 4.99 Å². The molecule has 10 heteroatoms. The molecular weight excluding hydrogens is 597 g/mol. The quantitative estimate of drug-likeness (QED) is 0.236. The van der Waals surface area contributed by atoms with Gasteiger partial charge in [0.05, 0.1) is 13.2 Å². The molecule has 161 valence electrons. The van der Waals surface area contributed by atoms with E-state index >= 15 is 0 Å². The van der Waals surface area contributed by atoms with Crippen LogP contribution in [0.4, 0.5) is 4.79 Å². The topological polar surface area (TPSA) is 66.8 Å². The SMILES string of the molecule is C=NC(=O)OCC[C@H](OC(=S)N(C)C)C1N(C)C=CN1COCc1ccccc1.[Tl]. The molecule has 0 aliphatic carbocycles. The molecule has 1 aliphatic heterocycles. The first-order valence-corrected chi connectivity index (χ1v) is 9.62.